The molecule has 0 aliphatic rings. The molecule has 2 aromatic rings. The summed E-state index contributed by atoms with van der Waals surface area (Å²) in [5.74, 6) is -0.164. The van der Waals surface area contributed by atoms with Crippen molar-refractivity contribution in [1.29, 1.82) is 0 Å². The van der Waals surface area contributed by atoms with Gasteiger partial charge in [0, 0.05) is 5.02 Å². The minimum Gasteiger partial charge on any atom is -0.369 e. The maximum Gasteiger partial charge on any atom is 0.225 e. The van der Waals surface area contributed by atoms with E-state index in [2.05, 4.69) is 15.2 Å². The highest BCUT2D eigenvalue weighted by Gasteiger charge is 2.04. The molecule has 0 spiro atoms. The molecular weight excluding hydrogens is 216 g/mol. The van der Waals surface area contributed by atoms with Crippen molar-refractivity contribution in [2.45, 2.75) is 6.42 Å². The second-order valence-corrected chi connectivity index (χ2v) is 3.44. The van der Waals surface area contributed by atoms with Crippen molar-refractivity contribution in [3.63, 3.8) is 0 Å². The Morgan fingerprint density at radius 3 is 2.87 bits per heavy atom. The number of rotatable bonds is 2. The Balaban J connectivity index is 2.47. The maximum atomic E-state index is 10.7. The van der Waals surface area contributed by atoms with Crippen LogP contribution in [0.4, 0.5) is 0 Å². The molecule has 5 nitrogen and oxygen atoms in total. The topological polar surface area (TPSA) is 81.8 Å². The van der Waals surface area contributed by atoms with Crippen LogP contribution in [-0.2, 0) is 11.2 Å². The highest BCUT2D eigenvalue weighted by atomic mass is 35.5. The fourth-order valence-electron chi connectivity index (χ4n) is 1.17. The molecule has 0 aliphatic heterocycles. The monoisotopic (exact) mass is 222 g/mol. The van der Waals surface area contributed by atoms with Crippen molar-refractivity contribution < 1.29 is 4.79 Å². The van der Waals surface area contributed by atoms with Crippen molar-refractivity contribution in [2.75, 3.05) is 0 Å². The lowest BCUT2D eigenvalue weighted by molar-refractivity contribution is -0.117. The van der Waals surface area contributed by atoms with Crippen molar-refractivity contribution in [2.24, 2.45) is 5.73 Å². The molecule has 2 N–H and O–H groups in total. The third-order valence-electron chi connectivity index (χ3n) is 1.79. The Kier molecular flexibility index (Phi) is 2.47. The molecule has 0 aliphatic carbocycles. The van der Waals surface area contributed by atoms with Crippen LogP contribution in [0.15, 0.2) is 18.2 Å². The number of hydrogen-bond acceptors (Lipinski definition) is 4. The number of hydrogen-bond donors (Lipinski definition) is 1. The van der Waals surface area contributed by atoms with Crippen LogP contribution in [0.5, 0.6) is 0 Å². The maximum absolute atomic E-state index is 10.7. The molecule has 0 fully saturated rings. The number of benzene rings is 1. The van der Waals surface area contributed by atoms with E-state index in [1.807, 2.05) is 0 Å². The zero-order chi connectivity index (χ0) is 10.8. The van der Waals surface area contributed by atoms with Gasteiger partial charge in [0.05, 0.1) is 11.9 Å². The lowest BCUT2D eigenvalue weighted by atomic mass is 10.3. The third-order valence-corrected chi connectivity index (χ3v) is 2.03. The quantitative estimate of drug-likeness (QED) is 0.811. The Morgan fingerprint density at radius 1 is 1.33 bits per heavy atom. The van der Waals surface area contributed by atoms with Crippen LogP contribution < -0.4 is 5.73 Å². The Hall–Kier alpha value is -1.75. The molecule has 1 amide bonds. The fourth-order valence-corrected chi connectivity index (χ4v) is 1.34. The predicted octanol–water partition coefficient (Wildman–Crippen LogP) is 0.706. The van der Waals surface area contributed by atoms with Crippen LogP contribution in [0.25, 0.3) is 11.0 Å². The lowest BCUT2D eigenvalue weighted by Crippen LogP contribution is -2.16. The number of primary amides is 1. The second kappa shape index (κ2) is 3.78. The van der Waals surface area contributed by atoms with Crippen LogP contribution in [0.3, 0.4) is 0 Å². The smallest absolute Gasteiger partial charge is 0.225 e. The average Bonchev–Trinajstić information content (AvgIpc) is 2.17. The van der Waals surface area contributed by atoms with E-state index < -0.39 is 5.91 Å². The summed E-state index contributed by atoms with van der Waals surface area (Å²) < 4.78 is 0. The fraction of sp³-hybridized carbons (Fsp3) is 0.111. The van der Waals surface area contributed by atoms with Crippen LogP contribution in [0, 0.1) is 0 Å². The molecule has 0 saturated carbocycles. The number of halogens is 1. The highest BCUT2D eigenvalue weighted by Crippen LogP contribution is 2.14. The molecule has 0 unspecified atom stereocenters. The van der Waals surface area contributed by atoms with Gasteiger partial charge < -0.3 is 5.73 Å². The number of carbonyl (C=O) groups is 1. The van der Waals surface area contributed by atoms with E-state index in [1.165, 1.54) is 0 Å². The zero-order valence-electron chi connectivity index (χ0n) is 7.64. The van der Waals surface area contributed by atoms with Gasteiger partial charge in [-0.3, -0.25) is 4.79 Å². The normalized spacial score (nSPS) is 10.5. The average molecular weight is 223 g/mol. The third kappa shape index (κ3) is 2.19. The van der Waals surface area contributed by atoms with Gasteiger partial charge in [0.15, 0.2) is 5.82 Å². The summed E-state index contributed by atoms with van der Waals surface area (Å²) in [6, 6.07) is 5.08. The largest absolute Gasteiger partial charge is 0.369 e. The molecule has 1 aromatic heterocycles. The lowest BCUT2D eigenvalue weighted by Gasteiger charge is -1.98. The number of fused-ring (bicyclic) bond motifs is 1. The summed E-state index contributed by atoms with van der Waals surface area (Å²) >= 11 is 5.77. The standard InChI is InChI=1S/C9H7ClN4O/c10-5-1-2-6-7(3-5)13-14-9(12-6)4-8(11)15/h1-3H,4H2,(H2,11,15). The van der Waals surface area contributed by atoms with Gasteiger partial charge in [0.25, 0.3) is 0 Å². The second-order valence-electron chi connectivity index (χ2n) is 3.00. The molecule has 6 heteroatoms. The minimum atomic E-state index is -0.481. The summed E-state index contributed by atoms with van der Waals surface area (Å²) in [6.07, 6.45) is -0.00837. The summed E-state index contributed by atoms with van der Waals surface area (Å²) in [5, 5.41) is 8.23. The summed E-state index contributed by atoms with van der Waals surface area (Å²) in [6.45, 7) is 0. The molecule has 0 bridgehead atoms. The number of amides is 1. The van der Waals surface area contributed by atoms with Gasteiger partial charge in [0.2, 0.25) is 5.91 Å². The van der Waals surface area contributed by atoms with E-state index in [-0.39, 0.29) is 6.42 Å². The SMILES string of the molecule is NC(=O)Cc1nnc2cc(Cl)ccc2n1. The molecular formula is C9H7ClN4O. The predicted molar refractivity (Wildman–Crippen MR) is 55.2 cm³/mol. The molecule has 0 radical (unpaired) electrons. The first kappa shape index (κ1) is 9.79. The summed E-state index contributed by atoms with van der Waals surface area (Å²) in [5.41, 5.74) is 6.26. The summed E-state index contributed by atoms with van der Waals surface area (Å²) in [7, 11) is 0. The molecule has 1 aromatic carbocycles. The Labute approximate surface area is 90.3 Å². The van der Waals surface area contributed by atoms with Gasteiger partial charge in [-0.25, -0.2) is 4.98 Å². The van der Waals surface area contributed by atoms with Gasteiger partial charge in [-0.05, 0) is 18.2 Å². The van der Waals surface area contributed by atoms with E-state index in [4.69, 9.17) is 17.3 Å². The van der Waals surface area contributed by atoms with Crippen LogP contribution >= 0.6 is 11.6 Å². The molecule has 2 rings (SSSR count). The van der Waals surface area contributed by atoms with Crippen LogP contribution in [-0.4, -0.2) is 21.1 Å². The van der Waals surface area contributed by atoms with Crippen LogP contribution in [0.2, 0.25) is 5.02 Å². The van der Waals surface area contributed by atoms with Crippen molar-refractivity contribution >= 4 is 28.5 Å². The van der Waals surface area contributed by atoms with E-state index in [0.29, 0.717) is 21.9 Å². The van der Waals surface area contributed by atoms with Crippen molar-refractivity contribution in [3.8, 4) is 0 Å². The number of carbonyl (C=O) groups excluding carboxylic acids is 1. The van der Waals surface area contributed by atoms with Gasteiger partial charge in [0.1, 0.15) is 5.52 Å². The van der Waals surface area contributed by atoms with Gasteiger partial charge in [-0.15, -0.1) is 10.2 Å². The first-order valence-electron chi connectivity index (χ1n) is 4.22. The Bertz CT molecular complexity index is 529. The molecule has 0 saturated heterocycles. The Morgan fingerprint density at radius 2 is 2.13 bits per heavy atom. The van der Waals surface area contributed by atoms with E-state index in [1.54, 1.807) is 18.2 Å². The zero-order valence-corrected chi connectivity index (χ0v) is 8.40. The van der Waals surface area contributed by atoms with Crippen molar-refractivity contribution in [3.05, 3.63) is 29.0 Å². The number of nitrogens with two attached hydrogens (primary N) is 1. The molecule has 0 atom stereocenters. The van der Waals surface area contributed by atoms with Gasteiger partial charge in [-0.1, -0.05) is 11.6 Å². The number of aromatic nitrogens is 3. The molecule has 15 heavy (non-hydrogen) atoms. The molecule has 76 valence electrons. The van der Waals surface area contributed by atoms with Gasteiger partial charge >= 0.3 is 0 Å². The minimum absolute atomic E-state index is 0.00837. The van der Waals surface area contributed by atoms with E-state index >= 15 is 0 Å². The number of nitrogens with zero attached hydrogens (tertiary/aromatic N) is 3. The summed E-state index contributed by atoms with van der Waals surface area (Å²) in [4.78, 5) is 14.8. The van der Waals surface area contributed by atoms with Crippen molar-refractivity contribution in [1.82, 2.24) is 15.2 Å². The first-order valence-corrected chi connectivity index (χ1v) is 4.60. The van der Waals surface area contributed by atoms with Gasteiger partial charge in [-0.2, -0.15) is 0 Å². The van der Waals surface area contributed by atoms with E-state index in [0.717, 1.165) is 0 Å². The molecule has 1 heterocycles. The van der Waals surface area contributed by atoms with Crippen LogP contribution in [0.1, 0.15) is 5.82 Å². The first-order chi connectivity index (χ1) is 7.15. The van der Waals surface area contributed by atoms with E-state index in [9.17, 15) is 4.79 Å². The highest BCUT2D eigenvalue weighted by molar-refractivity contribution is 6.31.